The van der Waals surface area contributed by atoms with E-state index in [0.717, 1.165) is 23.3 Å². The first-order valence-electron chi connectivity index (χ1n) is 7.97. The SMILES string of the molecule is COc1cc(C#N)ccc1NC1CCCC(CC(C)C)C1. The predicted octanol–water partition coefficient (Wildman–Crippen LogP) is 4.58. The van der Waals surface area contributed by atoms with Crippen molar-refractivity contribution in [3.63, 3.8) is 0 Å². The van der Waals surface area contributed by atoms with Crippen LogP contribution in [-0.2, 0) is 0 Å². The van der Waals surface area contributed by atoms with Gasteiger partial charge < -0.3 is 10.1 Å². The lowest BCUT2D eigenvalue weighted by molar-refractivity contribution is 0.288. The molecule has 0 aromatic heterocycles. The lowest BCUT2D eigenvalue weighted by atomic mass is 9.81. The topological polar surface area (TPSA) is 45.0 Å². The van der Waals surface area contributed by atoms with Crippen LogP contribution in [0.3, 0.4) is 0 Å². The van der Waals surface area contributed by atoms with E-state index >= 15 is 0 Å². The summed E-state index contributed by atoms with van der Waals surface area (Å²) in [6.07, 6.45) is 6.44. The van der Waals surface area contributed by atoms with E-state index in [2.05, 4.69) is 25.2 Å². The molecular formula is C18H26N2O. The molecule has 0 bridgehead atoms. The zero-order valence-corrected chi connectivity index (χ0v) is 13.4. The van der Waals surface area contributed by atoms with Crippen LogP contribution in [0, 0.1) is 23.2 Å². The second kappa shape index (κ2) is 7.36. The fourth-order valence-electron chi connectivity index (χ4n) is 3.40. The van der Waals surface area contributed by atoms with Crippen molar-refractivity contribution >= 4 is 5.69 Å². The van der Waals surface area contributed by atoms with Crippen LogP contribution in [0.4, 0.5) is 5.69 Å². The molecule has 3 heteroatoms. The third-order valence-corrected chi connectivity index (χ3v) is 4.28. The number of anilines is 1. The summed E-state index contributed by atoms with van der Waals surface area (Å²) in [6, 6.07) is 8.28. The standard InChI is InChI=1S/C18H26N2O/c1-13(2)9-14-5-4-6-16(10-14)20-17-8-7-15(12-19)11-18(17)21-3/h7-8,11,13-14,16,20H,4-6,9-10H2,1-3H3. The fraction of sp³-hybridized carbons (Fsp3) is 0.611. The fourth-order valence-corrected chi connectivity index (χ4v) is 3.40. The average Bonchev–Trinajstić information content (AvgIpc) is 2.47. The van der Waals surface area contributed by atoms with E-state index in [-0.39, 0.29) is 0 Å². The molecule has 1 fully saturated rings. The largest absolute Gasteiger partial charge is 0.495 e. The van der Waals surface area contributed by atoms with Crippen molar-refractivity contribution in [3.05, 3.63) is 23.8 Å². The van der Waals surface area contributed by atoms with Gasteiger partial charge in [-0.25, -0.2) is 0 Å². The Hall–Kier alpha value is -1.69. The van der Waals surface area contributed by atoms with Crippen LogP contribution in [0.25, 0.3) is 0 Å². The molecule has 1 N–H and O–H groups in total. The van der Waals surface area contributed by atoms with Gasteiger partial charge in [0.25, 0.3) is 0 Å². The van der Waals surface area contributed by atoms with E-state index in [1.807, 2.05) is 12.1 Å². The smallest absolute Gasteiger partial charge is 0.143 e. The zero-order valence-electron chi connectivity index (χ0n) is 13.4. The van der Waals surface area contributed by atoms with Gasteiger partial charge in [-0.3, -0.25) is 0 Å². The number of hydrogen-bond acceptors (Lipinski definition) is 3. The highest BCUT2D eigenvalue weighted by atomic mass is 16.5. The summed E-state index contributed by atoms with van der Waals surface area (Å²) >= 11 is 0. The molecule has 2 rings (SSSR count). The van der Waals surface area contributed by atoms with E-state index in [1.54, 1.807) is 13.2 Å². The maximum atomic E-state index is 8.96. The van der Waals surface area contributed by atoms with E-state index < -0.39 is 0 Å². The number of nitrogens with zero attached hydrogens (tertiary/aromatic N) is 1. The van der Waals surface area contributed by atoms with Gasteiger partial charge in [-0.05, 0) is 43.2 Å². The van der Waals surface area contributed by atoms with E-state index in [4.69, 9.17) is 10.00 Å². The van der Waals surface area contributed by atoms with Gasteiger partial charge in [0.1, 0.15) is 5.75 Å². The molecule has 0 radical (unpaired) electrons. The molecule has 1 saturated carbocycles. The Morgan fingerprint density at radius 3 is 2.86 bits per heavy atom. The lowest BCUT2D eigenvalue weighted by Crippen LogP contribution is -2.28. The minimum absolute atomic E-state index is 0.518. The Labute approximate surface area is 128 Å². The Kier molecular flexibility index (Phi) is 5.50. The molecule has 0 heterocycles. The Morgan fingerprint density at radius 2 is 2.19 bits per heavy atom. The molecule has 0 aliphatic heterocycles. The molecule has 0 spiro atoms. The van der Waals surface area contributed by atoms with Crippen molar-refractivity contribution in [2.75, 3.05) is 12.4 Å². The summed E-state index contributed by atoms with van der Waals surface area (Å²) in [6.45, 7) is 4.61. The molecule has 0 amide bonds. The van der Waals surface area contributed by atoms with Gasteiger partial charge in [0.15, 0.2) is 0 Å². The van der Waals surface area contributed by atoms with Crippen LogP contribution in [0.1, 0.15) is 51.5 Å². The summed E-state index contributed by atoms with van der Waals surface area (Å²) in [5.74, 6) is 2.37. The van der Waals surface area contributed by atoms with Gasteiger partial charge in [-0.1, -0.05) is 26.7 Å². The Bertz CT molecular complexity index is 504. The predicted molar refractivity (Wildman–Crippen MR) is 86.5 cm³/mol. The molecule has 1 aromatic carbocycles. The van der Waals surface area contributed by atoms with Crippen LogP contribution >= 0.6 is 0 Å². The molecule has 21 heavy (non-hydrogen) atoms. The van der Waals surface area contributed by atoms with Gasteiger partial charge in [0, 0.05) is 12.1 Å². The molecule has 0 saturated heterocycles. The summed E-state index contributed by atoms with van der Waals surface area (Å²) in [7, 11) is 1.66. The summed E-state index contributed by atoms with van der Waals surface area (Å²) in [5, 5.41) is 12.6. The first kappa shape index (κ1) is 15.7. The second-order valence-electron chi connectivity index (χ2n) is 6.53. The molecule has 114 valence electrons. The number of hydrogen-bond donors (Lipinski definition) is 1. The molecule has 1 aromatic rings. The molecule has 1 aliphatic carbocycles. The average molecular weight is 286 g/mol. The molecule has 2 atom stereocenters. The molecule has 2 unspecified atom stereocenters. The van der Waals surface area contributed by atoms with Crippen LogP contribution in [0.2, 0.25) is 0 Å². The third kappa shape index (κ3) is 4.39. The number of nitrogens with one attached hydrogen (secondary N) is 1. The highest BCUT2D eigenvalue weighted by molar-refractivity contribution is 5.59. The first-order chi connectivity index (χ1) is 10.1. The van der Waals surface area contributed by atoms with Crippen molar-refractivity contribution in [1.82, 2.24) is 0 Å². The van der Waals surface area contributed by atoms with Crippen molar-refractivity contribution in [2.24, 2.45) is 11.8 Å². The van der Waals surface area contributed by atoms with E-state index in [9.17, 15) is 0 Å². The maximum absolute atomic E-state index is 8.96. The van der Waals surface area contributed by atoms with Crippen LogP contribution in [-0.4, -0.2) is 13.2 Å². The normalized spacial score (nSPS) is 21.9. The Morgan fingerprint density at radius 1 is 1.38 bits per heavy atom. The first-order valence-corrected chi connectivity index (χ1v) is 7.97. The Balaban J connectivity index is 2.02. The van der Waals surface area contributed by atoms with Gasteiger partial charge in [-0.2, -0.15) is 5.26 Å². The highest BCUT2D eigenvalue weighted by Crippen LogP contribution is 2.33. The summed E-state index contributed by atoms with van der Waals surface area (Å²) < 4.78 is 5.41. The highest BCUT2D eigenvalue weighted by Gasteiger charge is 2.23. The summed E-state index contributed by atoms with van der Waals surface area (Å²) in [5.41, 5.74) is 1.64. The molecule has 1 aliphatic rings. The van der Waals surface area contributed by atoms with Crippen molar-refractivity contribution in [3.8, 4) is 11.8 Å². The second-order valence-corrected chi connectivity index (χ2v) is 6.53. The van der Waals surface area contributed by atoms with Crippen LogP contribution < -0.4 is 10.1 Å². The third-order valence-electron chi connectivity index (χ3n) is 4.28. The number of benzene rings is 1. The lowest BCUT2D eigenvalue weighted by Gasteiger charge is -2.31. The number of methoxy groups -OCH3 is 1. The van der Waals surface area contributed by atoms with Crippen molar-refractivity contribution in [1.29, 1.82) is 5.26 Å². The van der Waals surface area contributed by atoms with Crippen LogP contribution in [0.15, 0.2) is 18.2 Å². The minimum atomic E-state index is 0.518. The van der Waals surface area contributed by atoms with Gasteiger partial charge in [0.2, 0.25) is 0 Å². The van der Waals surface area contributed by atoms with Gasteiger partial charge in [-0.15, -0.1) is 0 Å². The van der Waals surface area contributed by atoms with E-state index in [0.29, 0.717) is 11.6 Å². The van der Waals surface area contributed by atoms with Crippen LogP contribution in [0.5, 0.6) is 5.75 Å². The van der Waals surface area contributed by atoms with Gasteiger partial charge >= 0.3 is 0 Å². The van der Waals surface area contributed by atoms with Crippen molar-refractivity contribution < 1.29 is 4.74 Å². The number of ether oxygens (including phenoxy) is 1. The zero-order chi connectivity index (χ0) is 15.2. The number of nitriles is 1. The minimum Gasteiger partial charge on any atom is -0.495 e. The molecular weight excluding hydrogens is 260 g/mol. The number of rotatable bonds is 5. The maximum Gasteiger partial charge on any atom is 0.143 e. The summed E-state index contributed by atoms with van der Waals surface area (Å²) in [4.78, 5) is 0. The van der Waals surface area contributed by atoms with Gasteiger partial charge in [0.05, 0.1) is 24.4 Å². The van der Waals surface area contributed by atoms with E-state index in [1.165, 1.54) is 32.1 Å². The van der Waals surface area contributed by atoms with Crippen molar-refractivity contribution in [2.45, 2.75) is 52.0 Å². The molecule has 3 nitrogen and oxygen atoms in total. The quantitative estimate of drug-likeness (QED) is 0.861. The monoisotopic (exact) mass is 286 g/mol.